The van der Waals surface area contributed by atoms with Crippen molar-refractivity contribution >= 4 is 11.9 Å². The summed E-state index contributed by atoms with van der Waals surface area (Å²) in [6.45, 7) is 1.44. The normalized spacial score (nSPS) is 20.6. The van der Waals surface area contributed by atoms with Gasteiger partial charge in [0.15, 0.2) is 0 Å². The molecule has 0 unspecified atom stereocenters. The van der Waals surface area contributed by atoms with Crippen LogP contribution in [-0.2, 0) is 9.59 Å². The molecule has 6 heteroatoms. The molecule has 0 aromatic rings. The summed E-state index contributed by atoms with van der Waals surface area (Å²) in [6.07, 6.45) is 11.4. The van der Waals surface area contributed by atoms with Gasteiger partial charge in [-0.2, -0.15) is 0 Å². The quantitative estimate of drug-likeness (QED) is 0.671. The van der Waals surface area contributed by atoms with Crippen LogP contribution in [-0.4, -0.2) is 70.2 Å². The molecule has 138 valence electrons. The van der Waals surface area contributed by atoms with Crippen molar-refractivity contribution in [1.82, 2.24) is 9.80 Å². The van der Waals surface area contributed by atoms with Crippen LogP contribution in [0.4, 0.5) is 0 Å². The van der Waals surface area contributed by atoms with Crippen molar-refractivity contribution in [2.45, 2.75) is 76.3 Å². The predicted octanol–water partition coefficient (Wildman–Crippen LogP) is 2.43. The third-order valence-electron chi connectivity index (χ3n) is 5.53. The van der Waals surface area contributed by atoms with Crippen LogP contribution >= 0.6 is 0 Å². The number of carboxylic acids is 2. The molecule has 2 fully saturated rings. The number of carbonyl (C=O) groups is 2. The Labute approximate surface area is 144 Å². The van der Waals surface area contributed by atoms with Crippen LogP contribution in [0.1, 0.15) is 64.2 Å². The molecule has 0 bridgehead atoms. The standard InChI is InChI=1S/C18H32N2O4/c21-17(22)13-19(15-7-3-1-4-8-15)11-12-20(14-18(23)24)16-9-5-2-6-10-16/h15-16H,1-14H2,(H,21,22)(H,23,24). The number of aliphatic carboxylic acids is 2. The van der Waals surface area contributed by atoms with E-state index in [2.05, 4.69) is 9.80 Å². The number of hydrogen-bond acceptors (Lipinski definition) is 4. The van der Waals surface area contributed by atoms with Gasteiger partial charge in [-0.05, 0) is 25.7 Å². The monoisotopic (exact) mass is 340 g/mol. The van der Waals surface area contributed by atoms with Gasteiger partial charge in [0.2, 0.25) is 0 Å². The first-order chi connectivity index (χ1) is 11.6. The Balaban J connectivity index is 1.93. The maximum absolute atomic E-state index is 11.2. The van der Waals surface area contributed by atoms with E-state index in [0.29, 0.717) is 25.2 Å². The van der Waals surface area contributed by atoms with E-state index in [1.54, 1.807) is 0 Å². The second-order valence-electron chi connectivity index (χ2n) is 7.31. The van der Waals surface area contributed by atoms with E-state index in [-0.39, 0.29) is 13.1 Å². The summed E-state index contributed by atoms with van der Waals surface area (Å²) in [5.74, 6) is -1.58. The molecule has 2 aliphatic rings. The Kier molecular flexibility index (Phi) is 7.99. The van der Waals surface area contributed by atoms with Crippen molar-refractivity contribution in [3.05, 3.63) is 0 Å². The lowest BCUT2D eigenvalue weighted by molar-refractivity contribution is -0.141. The third kappa shape index (κ3) is 6.40. The Hall–Kier alpha value is -1.14. The zero-order valence-corrected chi connectivity index (χ0v) is 14.7. The van der Waals surface area contributed by atoms with Crippen LogP contribution in [0.3, 0.4) is 0 Å². The third-order valence-corrected chi connectivity index (χ3v) is 5.53. The second-order valence-corrected chi connectivity index (χ2v) is 7.31. The lowest BCUT2D eigenvalue weighted by atomic mass is 9.93. The molecule has 0 radical (unpaired) electrons. The predicted molar refractivity (Wildman–Crippen MR) is 92.2 cm³/mol. The van der Waals surface area contributed by atoms with Crippen molar-refractivity contribution in [3.8, 4) is 0 Å². The first-order valence-electron chi connectivity index (χ1n) is 9.48. The molecular weight excluding hydrogens is 308 g/mol. The summed E-state index contributed by atoms with van der Waals surface area (Å²) in [5.41, 5.74) is 0. The van der Waals surface area contributed by atoms with E-state index in [1.807, 2.05) is 0 Å². The van der Waals surface area contributed by atoms with Gasteiger partial charge in [0.1, 0.15) is 0 Å². The Morgan fingerprint density at radius 2 is 1.00 bits per heavy atom. The highest BCUT2D eigenvalue weighted by molar-refractivity contribution is 5.69. The van der Waals surface area contributed by atoms with Crippen molar-refractivity contribution in [2.24, 2.45) is 0 Å². The number of hydrogen-bond donors (Lipinski definition) is 2. The molecule has 2 N–H and O–H groups in total. The highest BCUT2D eigenvalue weighted by atomic mass is 16.4. The van der Waals surface area contributed by atoms with Gasteiger partial charge in [0.25, 0.3) is 0 Å². The Bertz CT molecular complexity index is 366. The highest BCUT2D eigenvalue weighted by Gasteiger charge is 2.26. The van der Waals surface area contributed by atoms with Crippen LogP contribution < -0.4 is 0 Å². The molecule has 6 nitrogen and oxygen atoms in total. The van der Waals surface area contributed by atoms with Crippen molar-refractivity contribution in [1.29, 1.82) is 0 Å². The fourth-order valence-corrected chi connectivity index (χ4v) is 4.28. The molecule has 2 saturated carbocycles. The SMILES string of the molecule is O=C(O)CN(CCN(CC(=O)O)C1CCCCC1)C1CCCCC1. The minimum absolute atomic E-state index is 0.0657. The smallest absolute Gasteiger partial charge is 0.317 e. The first kappa shape index (κ1) is 19.2. The number of carboxylic acid groups (broad SMARTS) is 2. The van der Waals surface area contributed by atoms with Gasteiger partial charge >= 0.3 is 11.9 Å². The van der Waals surface area contributed by atoms with Crippen molar-refractivity contribution in [3.63, 3.8) is 0 Å². The number of nitrogens with zero attached hydrogens (tertiary/aromatic N) is 2. The lowest BCUT2D eigenvalue weighted by Gasteiger charge is -2.37. The van der Waals surface area contributed by atoms with Gasteiger partial charge < -0.3 is 10.2 Å². The van der Waals surface area contributed by atoms with Gasteiger partial charge in [-0.15, -0.1) is 0 Å². The van der Waals surface area contributed by atoms with Crippen LogP contribution in [0.5, 0.6) is 0 Å². The van der Waals surface area contributed by atoms with E-state index >= 15 is 0 Å². The zero-order valence-electron chi connectivity index (χ0n) is 14.7. The number of rotatable bonds is 9. The van der Waals surface area contributed by atoms with Crippen molar-refractivity contribution < 1.29 is 19.8 Å². The van der Waals surface area contributed by atoms with Gasteiger partial charge in [0, 0.05) is 25.2 Å². The molecule has 0 atom stereocenters. The van der Waals surface area contributed by atoms with E-state index in [4.69, 9.17) is 0 Å². The van der Waals surface area contributed by atoms with Gasteiger partial charge in [-0.1, -0.05) is 38.5 Å². The van der Waals surface area contributed by atoms with E-state index in [1.165, 1.54) is 38.5 Å². The summed E-state index contributed by atoms with van der Waals surface area (Å²) in [7, 11) is 0. The molecule has 0 aromatic heterocycles. The summed E-state index contributed by atoms with van der Waals surface area (Å²) < 4.78 is 0. The van der Waals surface area contributed by atoms with Crippen molar-refractivity contribution in [2.75, 3.05) is 26.2 Å². The van der Waals surface area contributed by atoms with Crippen LogP contribution in [0.25, 0.3) is 0 Å². The molecule has 0 heterocycles. The molecule has 2 aliphatic carbocycles. The van der Waals surface area contributed by atoms with Gasteiger partial charge in [0.05, 0.1) is 13.1 Å². The molecule has 2 rings (SSSR count). The summed E-state index contributed by atoms with van der Waals surface area (Å²) in [4.78, 5) is 26.6. The maximum Gasteiger partial charge on any atom is 0.317 e. The fourth-order valence-electron chi connectivity index (χ4n) is 4.28. The topological polar surface area (TPSA) is 81.1 Å². The molecule has 0 aromatic carbocycles. The zero-order chi connectivity index (χ0) is 17.4. The van der Waals surface area contributed by atoms with Gasteiger partial charge in [-0.3, -0.25) is 19.4 Å². The molecule has 24 heavy (non-hydrogen) atoms. The molecule has 0 amide bonds. The highest BCUT2D eigenvalue weighted by Crippen LogP contribution is 2.24. The average Bonchev–Trinajstić information content (AvgIpc) is 2.58. The van der Waals surface area contributed by atoms with Crippen LogP contribution in [0.15, 0.2) is 0 Å². The van der Waals surface area contributed by atoms with E-state index in [9.17, 15) is 19.8 Å². The largest absolute Gasteiger partial charge is 0.480 e. The Morgan fingerprint density at radius 3 is 1.29 bits per heavy atom. The van der Waals surface area contributed by atoms with E-state index in [0.717, 1.165) is 25.7 Å². The molecular formula is C18H32N2O4. The fraction of sp³-hybridized carbons (Fsp3) is 0.889. The second kappa shape index (κ2) is 9.99. The Morgan fingerprint density at radius 1 is 0.667 bits per heavy atom. The summed E-state index contributed by atoms with van der Waals surface area (Å²) in [6, 6.07) is 0.681. The lowest BCUT2D eigenvalue weighted by Crippen LogP contribution is -2.48. The summed E-state index contributed by atoms with van der Waals surface area (Å²) >= 11 is 0. The molecule has 0 saturated heterocycles. The van der Waals surface area contributed by atoms with Gasteiger partial charge in [-0.25, -0.2) is 0 Å². The van der Waals surface area contributed by atoms with E-state index < -0.39 is 11.9 Å². The average molecular weight is 340 g/mol. The minimum Gasteiger partial charge on any atom is -0.480 e. The molecule has 0 spiro atoms. The first-order valence-corrected chi connectivity index (χ1v) is 9.48. The minimum atomic E-state index is -0.789. The summed E-state index contributed by atoms with van der Waals surface area (Å²) in [5, 5.41) is 18.4. The van der Waals surface area contributed by atoms with Crippen LogP contribution in [0.2, 0.25) is 0 Å². The van der Waals surface area contributed by atoms with Crippen LogP contribution in [0, 0.1) is 0 Å². The molecule has 0 aliphatic heterocycles. The maximum atomic E-state index is 11.2.